The zero-order valence-corrected chi connectivity index (χ0v) is 28.4. The number of nitrogens with zero attached hydrogens (tertiary/aromatic N) is 4. The number of hydrogen-bond donors (Lipinski definition) is 4. The van der Waals surface area contributed by atoms with Gasteiger partial charge in [-0.2, -0.15) is 0 Å². The number of fused-ring (bicyclic) bond motifs is 3. The van der Waals surface area contributed by atoms with Crippen molar-refractivity contribution in [2.45, 2.75) is 46.1 Å². The lowest BCUT2D eigenvalue weighted by atomic mass is 9.99. The standard InChI is InChI=1S/C33H33ClN8O3S.ClH/c1-18-19(2)46-33-29(18)30(21-8-10-23(34)11-9-21)39-26(32-41-40-20(3)42(32)33)17-28(44)37-15-5-7-27(43)38-24-12-13-25(31(36)45)22(16-24)6-4-14-35;/h8-13,16,26H,5,7,14-15,17,35H2,1-3H3,(H2,36,45)(H,37,44)(H,38,43);1H/t26-;/m0./s1. The Kier molecular flexibility index (Phi) is 11.5. The predicted molar refractivity (Wildman–Crippen MR) is 187 cm³/mol. The molecule has 2 aromatic heterocycles. The first-order chi connectivity index (χ1) is 22.1. The molecule has 11 nitrogen and oxygen atoms in total. The van der Waals surface area contributed by atoms with Crippen LogP contribution in [0.2, 0.25) is 5.02 Å². The van der Waals surface area contributed by atoms with Gasteiger partial charge in [0.2, 0.25) is 17.7 Å². The SMILES string of the molecule is Cc1sc2c(c1C)C(c1ccc(Cl)cc1)=N[C@@H](CC(=O)NCCCC(=O)Nc1ccc(C(N)=O)c(C#CCN)c1)c1nnc(C)n1-2.Cl. The lowest BCUT2D eigenvalue weighted by Crippen LogP contribution is -2.27. The first kappa shape index (κ1) is 35.3. The summed E-state index contributed by atoms with van der Waals surface area (Å²) in [6, 6.07) is 11.6. The summed E-state index contributed by atoms with van der Waals surface area (Å²) in [6.07, 6.45) is 0.620. The lowest BCUT2D eigenvalue weighted by molar-refractivity contribution is -0.122. The number of hydrogen-bond acceptors (Lipinski definition) is 8. The average Bonchev–Trinajstić information content (AvgIpc) is 3.50. The molecule has 5 rings (SSSR count). The van der Waals surface area contributed by atoms with E-state index in [4.69, 9.17) is 28.1 Å². The maximum Gasteiger partial charge on any atom is 0.249 e. The van der Waals surface area contributed by atoms with Crippen LogP contribution < -0.4 is 22.1 Å². The van der Waals surface area contributed by atoms with E-state index in [2.05, 4.69) is 46.5 Å². The molecule has 244 valence electrons. The number of aryl methyl sites for hydroxylation is 2. The fraction of sp³-hybridized carbons (Fsp3) is 0.273. The van der Waals surface area contributed by atoms with Crippen molar-refractivity contribution in [3.8, 4) is 16.8 Å². The Labute approximate surface area is 287 Å². The molecule has 0 fully saturated rings. The molecule has 0 spiro atoms. The molecule has 0 saturated heterocycles. The molecule has 14 heteroatoms. The topological polar surface area (TPSA) is 170 Å². The summed E-state index contributed by atoms with van der Waals surface area (Å²) in [7, 11) is 0. The van der Waals surface area contributed by atoms with Crippen LogP contribution in [0.1, 0.15) is 74.4 Å². The molecule has 4 aromatic rings. The van der Waals surface area contributed by atoms with Crippen molar-refractivity contribution >= 4 is 64.5 Å². The van der Waals surface area contributed by atoms with Crippen molar-refractivity contribution in [2.75, 3.05) is 18.4 Å². The number of aromatic nitrogens is 3. The van der Waals surface area contributed by atoms with Crippen LogP contribution >= 0.6 is 35.3 Å². The number of amides is 3. The highest BCUT2D eigenvalue weighted by molar-refractivity contribution is 7.15. The van der Waals surface area contributed by atoms with Gasteiger partial charge in [-0.3, -0.25) is 23.9 Å². The lowest BCUT2D eigenvalue weighted by Gasteiger charge is -2.13. The van der Waals surface area contributed by atoms with Gasteiger partial charge in [0, 0.05) is 45.2 Å². The van der Waals surface area contributed by atoms with Crippen molar-refractivity contribution in [3.63, 3.8) is 0 Å². The summed E-state index contributed by atoms with van der Waals surface area (Å²) in [5, 5.41) is 16.1. The number of benzene rings is 2. The van der Waals surface area contributed by atoms with Crippen LogP contribution in [0.3, 0.4) is 0 Å². The van der Waals surface area contributed by atoms with Gasteiger partial charge in [0.1, 0.15) is 16.9 Å². The zero-order valence-electron chi connectivity index (χ0n) is 26.0. The molecule has 0 saturated carbocycles. The summed E-state index contributed by atoms with van der Waals surface area (Å²) in [6.45, 7) is 6.45. The van der Waals surface area contributed by atoms with Gasteiger partial charge in [0.15, 0.2) is 5.82 Å². The maximum atomic E-state index is 13.2. The number of rotatable bonds is 9. The second kappa shape index (κ2) is 15.4. The minimum absolute atomic E-state index is 0. The Morgan fingerprint density at radius 1 is 1.06 bits per heavy atom. The first-order valence-corrected chi connectivity index (χ1v) is 15.8. The molecule has 1 atom stereocenters. The molecular formula is C33H34Cl2N8O3S. The summed E-state index contributed by atoms with van der Waals surface area (Å²) in [4.78, 5) is 43.8. The van der Waals surface area contributed by atoms with Gasteiger partial charge in [-0.25, -0.2) is 0 Å². The number of primary amides is 1. The minimum Gasteiger partial charge on any atom is -0.366 e. The van der Waals surface area contributed by atoms with Crippen LogP contribution in [0.25, 0.3) is 5.00 Å². The van der Waals surface area contributed by atoms with Crippen LogP contribution in [0.15, 0.2) is 47.5 Å². The predicted octanol–water partition coefficient (Wildman–Crippen LogP) is 4.56. The van der Waals surface area contributed by atoms with Crippen LogP contribution in [-0.2, 0) is 9.59 Å². The molecule has 6 N–H and O–H groups in total. The van der Waals surface area contributed by atoms with E-state index in [1.807, 2.05) is 35.8 Å². The van der Waals surface area contributed by atoms with E-state index in [0.717, 1.165) is 32.3 Å². The van der Waals surface area contributed by atoms with Gasteiger partial charge in [0.05, 0.1) is 24.2 Å². The van der Waals surface area contributed by atoms with E-state index in [1.165, 1.54) is 6.07 Å². The van der Waals surface area contributed by atoms with Gasteiger partial charge >= 0.3 is 0 Å². The number of anilines is 1. The van der Waals surface area contributed by atoms with Gasteiger partial charge in [-0.15, -0.1) is 33.9 Å². The molecule has 0 bridgehead atoms. The number of nitrogens with two attached hydrogens (primary N) is 2. The smallest absolute Gasteiger partial charge is 0.249 e. The van der Waals surface area contributed by atoms with Crippen LogP contribution in [-0.4, -0.2) is 51.3 Å². The summed E-state index contributed by atoms with van der Waals surface area (Å²) in [5.41, 5.74) is 15.7. The number of carbonyl (C=O) groups is 3. The number of thiophene rings is 1. The van der Waals surface area contributed by atoms with Gasteiger partial charge < -0.3 is 22.1 Å². The number of halogens is 2. The van der Waals surface area contributed by atoms with Crippen LogP contribution in [0.4, 0.5) is 5.69 Å². The van der Waals surface area contributed by atoms with E-state index in [1.54, 1.807) is 23.5 Å². The Balaban J connectivity index is 0.00000500. The molecule has 1 aliphatic rings. The number of carbonyl (C=O) groups excluding carboxylic acids is 3. The Morgan fingerprint density at radius 3 is 2.51 bits per heavy atom. The highest BCUT2D eigenvalue weighted by atomic mass is 35.5. The summed E-state index contributed by atoms with van der Waals surface area (Å²) >= 11 is 7.83. The first-order valence-electron chi connectivity index (χ1n) is 14.6. The second-order valence-electron chi connectivity index (χ2n) is 10.7. The highest BCUT2D eigenvalue weighted by Crippen LogP contribution is 2.39. The van der Waals surface area contributed by atoms with Crippen molar-refractivity contribution in [2.24, 2.45) is 16.5 Å². The molecule has 1 aliphatic heterocycles. The van der Waals surface area contributed by atoms with E-state index in [9.17, 15) is 14.4 Å². The van der Waals surface area contributed by atoms with Crippen LogP contribution in [0.5, 0.6) is 0 Å². The average molecular weight is 694 g/mol. The van der Waals surface area contributed by atoms with Crippen molar-refractivity contribution < 1.29 is 14.4 Å². The van der Waals surface area contributed by atoms with E-state index in [-0.39, 0.29) is 55.7 Å². The summed E-state index contributed by atoms with van der Waals surface area (Å²) < 4.78 is 2.00. The molecule has 0 aliphatic carbocycles. The quantitative estimate of drug-likeness (QED) is 0.148. The molecule has 3 heterocycles. The van der Waals surface area contributed by atoms with E-state index < -0.39 is 11.9 Å². The third-order valence-corrected chi connectivity index (χ3v) is 8.98. The molecule has 0 radical (unpaired) electrons. The van der Waals surface area contributed by atoms with Gasteiger partial charge in [-0.05, 0) is 63.1 Å². The second-order valence-corrected chi connectivity index (χ2v) is 12.4. The third kappa shape index (κ3) is 7.89. The molecule has 0 unspecified atom stereocenters. The third-order valence-electron chi connectivity index (χ3n) is 7.53. The Hall–Kier alpha value is -4.54. The number of aliphatic imine (C=N–C) groups is 1. The van der Waals surface area contributed by atoms with Crippen LogP contribution in [0, 0.1) is 32.6 Å². The normalized spacial score (nSPS) is 13.1. The minimum atomic E-state index is -0.623. The van der Waals surface area contributed by atoms with E-state index >= 15 is 0 Å². The zero-order chi connectivity index (χ0) is 33.0. The summed E-state index contributed by atoms with van der Waals surface area (Å²) in [5.74, 6) is 5.70. The molecular weight excluding hydrogens is 659 g/mol. The Bertz CT molecular complexity index is 1920. The molecule has 47 heavy (non-hydrogen) atoms. The van der Waals surface area contributed by atoms with E-state index in [0.29, 0.717) is 34.3 Å². The van der Waals surface area contributed by atoms with Gasteiger partial charge in [-0.1, -0.05) is 35.6 Å². The molecule has 2 aromatic carbocycles. The fourth-order valence-corrected chi connectivity index (χ4v) is 6.51. The monoisotopic (exact) mass is 692 g/mol. The largest absolute Gasteiger partial charge is 0.366 e. The fourth-order valence-electron chi connectivity index (χ4n) is 5.17. The van der Waals surface area contributed by atoms with Crippen molar-refractivity contribution in [1.29, 1.82) is 0 Å². The maximum absolute atomic E-state index is 13.2. The van der Waals surface area contributed by atoms with Crippen molar-refractivity contribution in [3.05, 3.63) is 91.8 Å². The Morgan fingerprint density at radius 2 is 1.81 bits per heavy atom. The van der Waals surface area contributed by atoms with Gasteiger partial charge in [0.25, 0.3) is 0 Å². The van der Waals surface area contributed by atoms with Crippen molar-refractivity contribution in [1.82, 2.24) is 20.1 Å². The molecule has 3 amide bonds. The number of nitrogens with one attached hydrogen (secondary N) is 2. The highest BCUT2D eigenvalue weighted by Gasteiger charge is 2.32.